The highest BCUT2D eigenvalue weighted by atomic mass is 79.9. The van der Waals surface area contributed by atoms with E-state index < -0.39 is 11.8 Å². The Balaban J connectivity index is 1.93. The van der Waals surface area contributed by atoms with Gasteiger partial charge in [-0.15, -0.1) is 0 Å². The molecule has 0 aromatic heterocycles. The van der Waals surface area contributed by atoms with E-state index in [2.05, 4.69) is 31.9 Å². The van der Waals surface area contributed by atoms with Crippen molar-refractivity contribution in [3.63, 3.8) is 0 Å². The van der Waals surface area contributed by atoms with Gasteiger partial charge in [-0.2, -0.15) is 0 Å². The van der Waals surface area contributed by atoms with Gasteiger partial charge in [0.1, 0.15) is 17.9 Å². The van der Waals surface area contributed by atoms with Gasteiger partial charge in [0.15, 0.2) is 5.11 Å². The zero-order chi connectivity index (χ0) is 20.4. The monoisotopic (exact) mass is 522 g/mol. The molecule has 144 valence electrons. The second kappa shape index (κ2) is 8.55. The van der Waals surface area contributed by atoms with Crippen LogP contribution in [-0.2, 0) is 16.2 Å². The van der Waals surface area contributed by atoms with Gasteiger partial charge in [-0.3, -0.25) is 19.4 Å². The number of likely N-dealkylation sites (N-methyl/N-ethyl adjacent to an activating group) is 2. The van der Waals surface area contributed by atoms with E-state index >= 15 is 0 Å². The lowest BCUT2D eigenvalue weighted by molar-refractivity contribution is -0.132. The standard InChI is InChI=1S/C20H16Br2N2O3S/c1-23-18(25)16(19(26)24(2)20(23)28)10-13-9-15(22)7-8-17(13)27-11-12-3-5-14(21)6-4-12/h3-10H,11H2,1-2H3. The largest absolute Gasteiger partial charge is 0.488 e. The minimum Gasteiger partial charge on any atom is -0.488 e. The summed E-state index contributed by atoms with van der Waals surface area (Å²) in [6, 6.07) is 13.2. The zero-order valence-corrected chi connectivity index (χ0v) is 19.1. The molecule has 1 fully saturated rings. The summed E-state index contributed by atoms with van der Waals surface area (Å²) in [5.74, 6) is -0.309. The summed E-state index contributed by atoms with van der Waals surface area (Å²) in [5, 5.41) is 0.174. The number of hydrogen-bond donors (Lipinski definition) is 0. The molecule has 2 aromatic carbocycles. The molecule has 1 aliphatic heterocycles. The number of nitrogens with zero attached hydrogens (tertiary/aromatic N) is 2. The maximum atomic E-state index is 12.6. The van der Waals surface area contributed by atoms with Crippen LogP contribution in [0, 0.1) is 0 Å². The van der Waals surface area contributed by atoms with Crippen molar-refractivity contribution in [2.24, 2.45) is 0 Å². The normalized spacial score (nSPS) is 14.6. The number of thiocarbonyl (C=S) groups is 1. The fraction of sp³-hybridized carbons (Fsp3) is 0.150. The molecular formula is C20H16Br2N2O3S. The Labute approximate surface area is 185 Å². The molecule has 1 heterocycles. The van der Waals surface area contributed by atoms with Gasteiger partial charge in [-0.25, -0.2) is 0 Å². The van der Waals surface area contributed by atoms with E-state index in [-0.39, 0.29) is 10.7 Å². The summed E-state index contributed by atoms with van der Waals surface area (Å²) in [6.45, 7) is 0.358. The SMILES string of the molecule is CN1C(=O)C(=Cc2cc(Br)ccc2OCc2ccc(Br)cc2)C(=O)N(C)C1=S. The highest BCUT2D eigenvalue weighted by Crippen LogP contribution is 2.28. The number of halogens is 2. The smallest absolute Gasteiger partial charge is 0.265 e. The van der Waals surface area contributed by atoms with Gasteiger partial charge in [0.2, 0.25) is 0 Å². The molecular weight excluding hydrogens is 508 g/mol. The van der Waals surface area contributed by atoms with Crippen LogP contribution in [-0.4, -0.2) is 40.8 Å². The Bertz CT molecular complexity index is 963. The third-order valence-corrected chi connectivity index (χ3v) is 5.79. The van der Waals surface area contributed by atoms with Gasteiger partial charge >= 0.3 is 0 Å². The van der Waals surface area contributed by atoms with Crippen LogP contribution in [0.4, 0.5) is 0 Å². The third-order valence-electron chi connectivity index (χ3n) is 4.22. The summed E-state index contributed by atoms with van der Waals surface area (Å²) in [4.78, 5) is 27.7. The van der Waals surface area contributed by atoms with Gasteiger partial charge in [0.05, 0.1) is 0 Å². The lowest BCUT2D eigenvalue weighted by Crippen LogP contribution is -2.52. The van der Waals surface area contributed by atoms with Crippen molar-refractivity contribution in [3.8, 4) is 5.75 Å². The van der Waals surface area contributed by atoms with E-state index in [9.17, 15) is 9.59 Å². The van der Waals surface area contributed by atoms with Crippen LogP contribution in [0.5, 0.6) is 5.75 Å². The summed E-state index contributed by atoms with van der Waals surface area (Å²) in [5.41, 5.74) is 1.65. The summed E-state index contributed by atoms with van der Waals surface area (Å²) in [7, 11) is 3.10. The Morgan fingerprint density at radius 1 is 0.964 bits per heavy atom. The molecule has 0 N–H and O–H groups in total. The molecule has 1 saturated heterocycles. The summed E-state index contributed by atoms with van der Waals surface area (Å²) >= 11 is 12.0. The van der Waals surface area contributed by atoms with Crippen molar-refractivity contribution in [3.05, 3.63) is 68.1 Å². The maximum Gasteiger partial charge on any atom is 0.265 e. The first-order valence-corrected chi connectivity index (χ1v) is 10.3. The number of ether oxygens (including phenoxy) is 1. The van der Waals surface area contributed by atoms with Crippen LogP contribution in [0.1, 0.15) is 11.1 Å². The molecule has 0 unspecified atom stereocenters. The number of hydrogen-bond acceptors (Lipinski definition) is 4. The molecule has 0 bridgehead atoms. The molecule has 5 nitrogen and oxygen atoms in total. The first kappa shape index (κ1) is 20.7. The fourth-order valence-electron chi connectivity index (χ4n) is 2.64. The van der Waals surface area contributed by atoms with Crippen molar-refractivity contribution >= 4 is 67.1 Å². The van der Waals surface area contributed by atoms with Crippen molar-refractivity contribution in [2.75, 3.05) is 14.1 Å². The van der Waals surface area contributed by atoms with Crippen LogP contribution in [0.25, 0.3) is 6.08 Å². The summed E-state index contributed by atoms with van der Waals surface area (Å²) < 4.78 is 7.75. The van der Waals surface area contributed by atoms with Crippen molar-refractivity contribution < 1.29 is 14.3 Å². The Kier molecular flexibility index (Phi) is 6.32. The van der Waals surface area contributed by atoms with Crippen LogP contribution < -0.4 is 4.74 Å². The van der Waals surface area contributed by atoms with Gasteiger partial charge in [-0.1, -0.05) is 44.0 Å². The number of benzene rings is 2. The quantitative estimate of drug-likeness (QED) is 0.339. The molecule has 8 heteroatoms. The average molecular weight is 524 g/mol. The van der Waals surface area contributed by atoms with Crippen LogP contribution in [0.3, 0.4) is 0 Å². The van der Waals surface area contributed by atoms with Gasteiger partial charge in [-0.05, 0) is 54.2 Å². The summed E-state index contributed by atoms with van der Waals surface area (Å²) in [6.07, 6.45) is 1.54. The predicted molar refractivity (Wildman–Crippen MR) is 119 cm³/mol. The number of rotatable bonds is 4. The van der Waals surface area contributed by atoms with Gasteiger partial charge < -0.3 is 4.74 Å². The molecule has 28 heavy (non-hydrogen) atoms. The van der Waals surface area contributed by atoms with Crippen molar-refractivity contribution in [1.29, 1.82) is 0 Å². The topological polar surface area (TPSA) is 49.9 Å². The molecule has 0 aliphatic carbocycles. The maximum absolute atomic E-state index is 12.6. The Morgan fingerprint density at radius 2 is 1.54 bits per heavy atom. The van der Waals surface area contributed by atoms with E-state index in [1.807, 2.05) is 30.3 Å². The van der Waals surface area contributed by atoms with E-state index in [4.69, 9.17) is 17.0 Å². The predicted octanol–water partition coefficient (Wildman–Crippen LogP) is 4.39. The molecule has 2 amide bonds. The van der Waals surface area contributed by atoms with Crippen molar-refractivity contribution in [2.45, 2.75) is 6.61 Å². The lowest BCUT2D eigenvalue weighted by Gasteiger charge is -2.31. The molecule has 0 atom stereocenters. The van der Waals surface area contributed by atoms with Crippen LogP contribution in [0.2, 0.25) is 0 Å². The van der Waals surface area contributed by atoms with E-state index in [0.717, 1.165) is 14.5 Å². The van der Waals surface area contributed by atoms with Crippen LogP contribution >= 0.6 is 44.1 Å². The molecule has 3 rings (SSSR count). The van der Waals surface area contributed by atoms with E-state index in [0.29, 0.717) is 17.9 Å². The molecule has 0 saturated carbocycles. The molecule has 2 aromatic rings. The Morgan fingerprint density at radius 3 is 2.14 bits per heavy atom. The highest BCUT2D eigenvalue weighted by Gasteiger charge is 2.35. The second-order valence-electron chi connectivity index (χ2n) is 6.17. The lowest BCUT2D eigenvalue weighted by atomic mass is 10.1. The molecule has 0 spiro atoms. The Hall–Kier alpha value is -2.03. The number of carbonyl (C=O) groups is 2. The van der Waals surface area contributed by atoms with E-state index in [1.165, 1.54) is 9.80 Å². The second-order valence-corrected chi connectivity index (χ2v) is 8.36. The minimum absolute atomic E-state index is 0.0326. The zero-order valence-electron chi connectivity index (χ0n) is 15.1. The number of carbonyl (C=O) groups excluding carboxylic acids is 2. The minimum atomic E-state index is -0.438. The van der Waals surface area contributed by atoms with Gasteiger partial charge in [0, 0.05) is 28.6 Å². The first-order chi connectivity index (χ1) is 13.3. The molecule has 0 radical (unpaired) electrons. The highest BCUT2D eigenvalue weighted by molar-refractivity contribution is 9.10. The average Bonchev–Trinajstić information content (AvgIpc) is 2.69. The van der Waals surface area contributed by atoms with E-state index in [1.54, 1.807) is 32.3 Å². The fourth-order valence-corrected chi connectivity index (χ4v) is 3.44. The third kappa shape index (κ3) is 4.34. The first-order valence-electron chi connectivity index (χ1n) is 8.26. The van der Waals surface area contributed by atoms with Crippen molar-refractivity contribution in [1.82, 2.24) is 9.80 Å². The number of amides is 2. The van der Waals surface area contributed by atoms with Crippen LogP contribution in [0.15, 0.2) is 57.0 Å². The molecule has 1 aliphatic rings. The van der Waals surface area contributed by atoms with Gasteiger partial charge in [0.25, 0.3) is 11.8 Å².